The van der Waals surface area contributed by atoms with Crippen LogP contribution >= 0.6 is 0 Å². The lowest BCUT2D eigenvalue weighted by Gasteiger charge is -2.04. The number of nitrogens with one attached hydrogen (secondary N) is 1. The van der Waals surface area contributed by atoms with Crippen molar-refractivity contribution in [1.29, 1.82) is 0 Å². The second-order valence-corrected chi connectivity index (χ2v) is 5.62. The summed E-state index contributed by atoms with van der Waals surface area (Å²) >= 11 is 0. The van der Waals surface area contributed by atoms with Crippen LogP contribution in [0.25, 0.3) is 11.4 Å². The molecule has 0 unspecified atom stereocenters. The normalized spacial score (nSPS) is 10.5. The molecule has 0 saturated heterocycles. The zero-order chi connectivity index (χ0) is 17.6. The van der Waals surface area contributed by atoms with Crippen LogP contribution in [0.4, 0.5) is 0 Å². The number of carbonyl (C=O) groups excluding carboxylic acids is 1. The van der Waals surface area contributed by atoms with E-state index in [2.05, 4.69) is 15.5 Å². The minimum atomic E-state index is -0.115. The van der Waals surface area contributed by atoms with E-state index >= 15 is 0 Å². The van der Waals surface area contributed by atoms with Crippen LogP contribution in [0.1, 0.15) is 21.8 Å². The second-order valence-electron chi connectivity index (χ2n) is 5.62. The number of rotatable bonds is 6. The Bertz CT molecular complexity index is 874. The molecule has 1 N–H and O–H groups in total. The lowest BCUT2D eigenvalue weighted by atomic mass is 10.1. The van der Waals surface area contributed by atoms with Gasteiger partial charge in [0.2, 0.25) is 11.7 Å². The van der Waals surface area contributed by atoms with E-state index in [1.54, 1.807) is 13.2 Å². The van der Waals surface area contributed by atoms with Gasteiger partial charge in [-0.1, -0.05) is 35.0 Å². The zero-order valence-corrected chi connectivity index (χ0v) is 14.2. The number of hydrogen-bond donors (Lipinski definition) is 1. The Labute approximate surface area is 145 Å². The molecular weight excluding hydrogens is 318 g/mol. The van der Waals surface area contributed by atoms with Gasteiger partial charge in [0.1, 0.15) is 5.75 Å². The van der Waals surface area contributed by atoms with Gasteiger partial charge < -0.3 is 14.6 Å². The van der Waals surface area contributed by atoms with Gasteiger partial charge in [0.05, 0.1) is 7.11 Å². The average molecular weight is 337 g/mol. The van der Waals surface area contributed by atoms with Crippen molar-refractivity contribution in [3.8, 4) is 17.1 Å². The van der Waals surface area contributed by atoms with Gasteiger partial charge in [-0.05, 0) is 31.2 Å². The predicted molar refractivity (Wildman–Crippen MR) is 93.5 cm³/mol. The molecule has 0 bridgehead atoms. The average Bonchev–Trinajstić information content (AvgIpc) is 3.10. The summed E-state index contributed by atoms with van der Waals surface area (Å²) in [6, 6.07) is 14.9. The van der Waals surface area contributed by atoms with Crippen molar-refractivity contribution >= 4 is 5.91 Å². The maximum absolute atomic E-state index is 12.1. The van der Waals surface area contributed by atoms with Crippen LogP contribution in [0.3, 0.4) is 0 Å². The standard InChI is InChI=1S/C19H19N3O3/c1-13-5-3-7-15(11-13)19(23)20-10-9-17-21-18(22-25-17)14-6-4-8-16(12-14)24-2/h3-8,11-12H,9-10H2,1-2H3,(H,20,23). The van der Waals surface area contributed by atoms with Crippen LogP contribution < -0.4 is 10.1 Å². The lowest BCUT2D eigenvalue weighted by molar-refractivity contribution is 0.0953. The summed E-state index contributed by atoms with van der Waals surface area (Å²) < 4.78 is 10.4. The molecule has 3 aromatic rings. The first kappa shape index (κ1) is 16.7. The summed E-state index contributed by atoms with van der Waals surface area (Å²) in [5, 5.41) is 6.83. The number of carbonyl (C=O) groups is 1. The highest BCUT2D eigenvalue weighted by Crippen LogP contribution is 2.21. The molecule has 128 valence electrons. The molecule has 2 aromatic carbocycles. The van der Waals surface area contributed by atoms with E-state index in [9.17, 15) is 4.79 Å². The van der Waals surface area contributed by atoms with Crippen LogP contribution in [0, 0.1) is 6.92 Å². The molecule has 0 aliphatic heterocycles. The van der Waals surface area contributed by atoms with Gasteiger partial charge in [0.25, 0.3) is 5.91 Å². The summed E-state index contributed by atoms with van der Waals surface area (Å²) in [6.07, 6.45) is 0.467. The third-order valence-electron chi connectivity index (χ3n) is 3.70. The van der Waals surface area contributed by atoms with E-state index in [1.807, 2.05) is 49.4 Å². The Morgan fingerprint density at radius 1 is 1.20 bits per heavy atom. The molecule has 0 radical (unpaired) electrons. The van der Waals surface area contributed by atoms with Crippen LogP contribution in [0.15, 0.2) is 53.1 Å². The van der Waals surface area contributed by atoms with Crippen LogP contribution in [0.2, 0.25) is 0 Å². The zero-order valence-electron chi connectivity index (χ0n) is 14.2. The predicted octanol–water partition coefficient (Wildman–Crippen LogP) is 3.03. The topological polar surface area (TPSA) is 77.3 Å². The van der Waals surface area contributed by atoms with Crippen molar-refractivity contribution in [1.82, 2.24) is 15.5 Å². The molecule has 1 heterocycles. The summed E-state index contributed by atoms with van der Waals surface area (Å²) in [5.41, 5.74) is 2.51. The van der Waals surface area contributed by atoms with Crippen LogP contribution in [0.5, 0.6) is 5.75 Å². The first-order chi connectivity index (χ1) is 12.2. The molecule has 0 aliphatic rings. The minimum Gasteiger partial charge on any atom is -0.497 e. The molecule has 1 aromatic heterocycles. The van der Waals surface area contributed by atoms with Crippen molar-refractivity contribution < 1.29 is 14.1 Å². The Morgan fingerprint density at radius 3 is 2.84 bits per heavy atom. The highest BCUT2D eigenvalue weighted by molar-refractivity contribution is 5.94. The van der Waals surface area contributed by atoms with E-state index in [0.717, 1.165) is 16.9 Å². The van der Waals surface area contributed by atoms with Crippen molar-refractivity contribution in [3.05, 3.63) is 65.5 Å². The molecule has 25 heavy (non-hydrogen) atoms. The maximum atomic E-state index is 12.1. The third kappa shape index (κ3) is 4.23. The van der Waals surface area contributed by atoms with E-state index in [1.165, 1.54) is 0 Å². The van der Waals surface area contributed by atoms with Crippen molar-refractivity contribution in [3.63, 3.8) is 0 Å². The number of ether oxygens (including phenoxy) is 1. The monoisotopic (exact) mass is 337 g/mol. The summed E-state index contributed by atoms with van der Waals surface area (Å²) in [4.78, 5) is 16.4. The number of methoxy groups -OCH3 is 1. The van der Waals surface area contributed by atoms with Gasteiger partial charge in [-0.15, -0.1) is 0 Å². The molecule has 3 rings (SSSR count). The van der Waals surface area contributed by atoms with Gasteiger partial charge >= 0.3 is 0 Å². The van der Waals surface area contributed by atoms with E-state index in [4.69, 9.17) is 9.26 Å². The van der Waals surface area contributed by atoms with Gasteiger partial charge in [-0.2, -0.15) is 4.98 Å². The third-order valence-corrected chi connectivity index (χ3v) is 3.70. The molecule has 1 amide bonds. The Balaban J connectivity index is 1.57. The highest BCUT2D eigenvalue weighted by Gasteiger charge is 2.10. The van der Waals surface area contributed by atoms with Gasteiger partial charge in [-0.25, -0.2) is 0 Å². The molecule has 0 spiro atoms. The largest absolute Gasteiger partial charge is 0.497 e. The lowest BCUT2D eigenvalue weighted by Crippen LogP contribution is -2.25. The Kier molecular flexibility index (Phi) is 5.09. The fourth-order valence-electron chi connectivity index (χ4n) is 2.41. The molecule has 0 saturated carbocycles. The number of aromatic nitrogens is 2. The number of amides is 1. The smallest absolute Gasteiger partial charge is 0.251 e. The second kappa shape index (κ2) is 7.61. The van der Waals surface area contributed by atoms with Crippen molar-refractivity contribution in [2.45, 2.75) is 13.3 Å². The molecular formula is C19H19N3O3. The number of benzene rings is 2. The molecule has 6 heteroatoms. The number of hydrogen-bond acceptors (Lipinski definition) is 5. The van der Waals surface area contributed by atoms with E-state index < -0.39 is 0 Å². The molecule has 0 atom stereocenters. The SMILES string of the molecule is COc1cccc(-c2noc(CCNC(=O)c3cccc(C)c3)n2)c1. The molecule has 0 aliphatic carbocycles. The van der Waals surface area contributed by atoms with Crippen LogP contribution in [-0.4, -0.2) is 29.7 Å². The minimum absolute atomic E-state index is 0.115. The van der Waals surface area contributed by atoms with Crippen molar-refractivity contribution in [2.24, 2.45) is 0 Å². The Morgan fingerprint density at radius 2 is 2.04 bits per heavy atom. The number of nitrogens with zero attached hydrogens (tertiary/aromatic N) is 2. The van der Waals surface area contributed by atoms with Crippen molar-refractivity contribution in [2.75, 3.05) is 13.7 Å². The molecule has 0 fully saturated rings. The van der Waals surface area contributed by atoms with E-state index in [-0.39, 0.29) is 5.91 Å². The highest BCUT2D eigenvalue weighted by atomic mass is 16.5. The summed E-state index contributed by atoms with van der Waals surface area (Å²) in [7, 11) is 1.61. The first-order valence-electron chi connectivity index (χ1n) is 7.97. The summed E-state index contributed by atoms with van der Waals surface area (Å²) in [6.45, 7) is 2.38. The van der Waals surface area contributed by atoms with E-state index in [0.29, 0.717) is 30.2 Å². The number of aryl methyl sites for hydroxylation is 1. The molecule has 6 nitrogen and oxygen atoms in total. The fraction of sp³-hybridized carbons (Fsp3) is 0.211. The fourth-order valence-corrected chi connectivity index (χ4v) is 2.41. The quantitative estimate of drug-likeness (QED) is 0.748. The van der Waals surface area contributed by atoms with Gasteiger partial charge in [0, 0.05) is 24.1 Å². The van der Waals surface area contributed by atoms with Gasteiger partial charge in [-0.3, -0.25) is 4.79 Å². The Hall–Kier alpha value is -3.15. The maximum Gasteiger partial charge on any atom is 0.251 e. The van der Waals surface area contributed by atoms with Gasteiger partial charge in [0.15, 0.2) is 0 Å². The summed E-state index contributed by atoms with van der Waals surface area (Å²) in [5.74, 6) is 1.59. The van der Waals surface area contributed by atoms with Crippen LogP contribution in [-0.2, 0) is 6.42 Å². The first-order valence-corrected chi connectivity index (χ1v) is 7.97.